The van der Waals surface area contributed by atoms with E-state index in [1.807, 2.05) is 0 Å². The molecule has 0 saturated carbocycles. The van der Waals surface area contributed by atoms with Gasteiger partial charge in [-0.25, -0.2) is 14.0 Å². The van der Waals surface area contributed by atoms with Crippen LogP contribution in [0.3, 0.4) is 0 Å². The van der Waals surface area contributed by atoms with Crippen LogP contribution in [0.15, 0.2) is 0 Å². The van der Waals surface area contributed by atoms with E-state index in [0.29, 0.717) is 38.8 Å². The number of ether oxygens (including phenoxy) is 2. The second-order valence-electron chi connectivity index (χ2n) is 7.29. The van der Waals surface area contributed by atoms with Crippen LogP contribution in [0.4, 0.5) is 13.2 Å². The Morgan fingerprint density at radius 3 is 2.46 bits per heavy atom. The van der Waals surface area contributed by atoms with Gasteiger partial charge in [0.25, 0.3) is 5.91 Å². The predicted molar refractivity (Wildman–Crippen MR) is 95.9 cm³/mol. The molecule has 0 radical (unpaired) electrons. The number of rotatable bonds is 9. The smallest absolute Gasteiger partial charge is 0.381 e. The number of nitrogens with one attached hydrogen (secondary N) is 1. The van der Waals surface area contributed by atoms with E-state index in [0.717, 1.165) is 19.3 Å². The summed E-state index contributed by atoms with van der Waals surface area (Å²) in [6.45, 7) is 2.28. The summed E-state index contributed by atoms with van der Waals surface area (Å²) in [6, 6.07) is 0. The average Bonchev–Trinajstić information content (AvgIpc) is 2.69. The van der Waals surface area contributed by atoms with Crippen molar-refractivity contribution in [2.24, 2.45) is 5.92 Å². The maximum atomic E-state index is 13.1. The van der Waals surface area contributed by atoms with Crippen LogP contribution in [0.5, 0.6) is 0 Å². The van der Waals surface area contributed by atoms with Gasteiger partial charge in [-0.3, -0.25) is 10.0 Å². The van der Waals surface area contributed by atoms with Crippen LogP contribution in [0.25, 0.3) is 0 Å². The van der Waals surface area contributed by atoms with Crippen LogP contribution in [0.1, 0.15) is 44.9 Å². The number of piperidine rings is 1. The zero-order valence-electron chi connectivity index (χ0n) is 15.8. The second kappa shape index (κ2) is 10.9. The third-order valence-corrected chi connectivity index (χ3v) is 7.47. The molecule has 0 aromatic rings. The molecule has 0 aliphatic carbocycles. The van der Waals surface area contributed by atoms with Crippen LogP contribution < -0.4 is 5.48 Å². The van der Waals surface area contributed by atoms with Crippen molar-refractivity contribution in [1.29, 1.82) is 0 Å². The number of alkyl halides is 3. The summed E-state index contributed by atoms with van der Waals surface area (Å²) in [6.07, 6.45) is -2.10. The summed E-state index contributed by atoms with van der Waals surface area (Å²) >= 11 is 0. The maximum Gasteiger partial charge on any atom is 0.389 e. The highest BCUT2D eigenvalue weighted by Gasteiger charge is 2.48. The molecule has 11 heteroatoms. The van der Waals surface area contributed by atoms with E-state index in [9.17, 15) is 22.2 Å². The Balaban J connectivity index is 1.72. The molecule has 28 heavy (non-hydrogen) atoms. The molecular weight excluding hydrogens is 401 g/mol. The number of carbonyl (C=O) groups excluding carboxylic acids is 1. The molecule has 1 amide bonds. The Kier molecular flexibility index (Phi) is 9.13. The van der Waals surface area contributed by atoms with Gasteiger partial charge in [0.1, 0.15) is 15.7 Å². The first-order valence-corrected chi connectivity index (χ1v) is 10.7. The third kappa shape index (κ3) is 6.65. The molecule has 0 bridgehead atoms. The summed E-state index contributed by atoms with van der Waals surface area (Å²) in [5.74, 6) is -0.281. The minimum atomic E-state index is -4.14. The Labute approximate surface area is 165 Å². The molecular formula is C17H29F3N2O5S. The molecule has 7 nitrogen and oxygen atoms in total. The molecule has 2 fully saturated rings. The van der Waals surface area contributed by atoms with Gasteiger partial charge >= 0.3 is 6.18 Å². The van der Waals surface area contributed by atoms with Crippen LogP contribution in [-0.4, -0.2) is 70.1 Å². The van der Waals surface area contributed by atoms with Gasteiger partial charge in [-0.05, 0) is 44.4 Å². The normalized spacial score (nSPS) is 22.7. The first-order chi connectivity index (χ1) is 13.3. The van der Waals surface area contributed by atoms with E-state index in [-0.39, 0.29) is 25.9 Å². The van der Waals surface area contributed by atoms with Crippen molar-refractivity contribution in [2.75, 3.05) is 39.5 Å². The summed E-state index contributed by atoms with van der Waals surface area (Å²) in [5.41, 5.74) is 1.66. The Morgan fingerprint density at radius 1 is 1.25 bits per heavy atom. The van der Waals surface area contributed by atoms with E-state index >= 15 is 0 Å². The number of nitrogens with zero attached hydrogens (tertiary/aromatic N) is 1. The molecule has 2 heterocycles. The lowest BCUT2D eigenvalue weighted by atomic mass is 9.95. The van der Waals surface area contributed by atoms with Gasteiger partial charge in [-0.2, -0.15) is 13.2 Å². The van der Waals surface area contributed by atoms with Gasteiger partial charge in [0.15, 0.2) is 0 Å². The minimum Gasteiger partial charge on any atom is -0.381 e. The van der Waals surface area contributed by atoms with Crippen molar-refractivity contribution in [3.8, 4) is 0 Å². The van der Waals surface area contributed by atoms with E-state index in [4.69, 9.17) is 14.7 Å². The Morgan fingerprint density at radius 2 is 1.89 bits per heavy atom. The fourth-order valence-electron chi connectivity index (χ4n) is 3.62. The Bertz CT molecular complexity index is 521. The molecule has 0 spiro atoms. The lowest BCUT2D eigenvalue weighted by molar-refractivity contribution is -0.138. The van der Waals surface area contributed by atoms with Crippen LogP contribution in [0.2, 0.25) is 0 Å². The van der Waals surface area contributed by atoms with Gasteiger partial charge in [0.2, 0.25) is 0 Å². The molecule has 164 valence electrons. The molecule has 2 aliphatic heterocycles. The zero-order valence-corrected chi connectivity index (χ0v) is 16.7. The first kappa shape index (κ1) is 23.5. The number of hydroxylamine groups is 1. The van der Waals surface area contributed by atoms with Crippen molar-refractivity contribution in [3.05, 3.63) is 0 Å². The summed E-state index contributed by atoms with van der Waals surface area (Å²) in [5, 5.41) is 9.08. The van der Waals surface area contributed by atoms with Gasteiger partial charge < -0.3 is 9.47 Å². The quantitative estimate of drug-likeness (QED) is 0.333. The van der Waals surface area contributed by atoms with Gasteiger partial charge in [-0.1, -0.05) is 0 Å². The molecule has 0 aromatic heterocycles. The number of hydrogen-bond donors (Lipinski definition) is 2. The molecule has 2 rings (SSSR count). The number of amides is 1. The fourth-order valence-corrected chi connectivity index (χ4v) is 5.38. The summed E-state index contributed by atoms with van der Waals surface area (Å²) < 4.78 is 60.5. The molecule has 1 atom stereocenters. The highest BCUT2D eigenvalue weighted by atomic mass is 32.2. The van der Waals surface area contributed by atoms with Crippen molar-refractivity contribution < 1.29 is 36.9 Å². The average molecular weight is 430 g/mol. The highest BCUT2D eigenvalue weighted by Crippen LogP contribution is 2.32. The predicted octanol–water partition coefficient (Wildman–Crippen LogP) is 2.17. The van der Waals surface area contributed by atoms with E-state index in [1.165, 1.54) is 0 Å². The maximum absolute atomic E-state index is 13.1. The zero-order chi connectivity index (χ0) is 20.6. The van der Waals surface area contributed by atoms with Crippen molar-refractivity contribution in [2.45, 2.75) is 55.9 Å². The highest BCUT2D eigenvalue weighted by molar-refractivity contribution is 7.85. The number of hydrogen-bond acceptors (Lipinski definition) is 5. The second-order valence-corrected chi connectivity index (χ2v) is 9.09. The lowest BCUT2D eigenvalue weighted by Crippen LogP contribution is -2.57. The first-order valence-electron chi connectivity index (χ1n) is 9.62. The van der Waals surface area contributed by atoms with Crippen LogP contribution in [-0.2, 0) is 25.3 Å². The van der Waals surface area contributed by atoms with Crippen molar-refractivity contribution in [1.82, 2.24) is 9.79 Å². The number of halogens is 3. The topological polar surface area (TPSA) is 88.1 Å². The number of carbonyl (C=O) groups is 1. The minimum absolute atomic E-state index is 0.0281. The summed E-state index contributed by atoms with van der Waals surface area (Å²) in [7, 11) is -1.57. The standard InChI is InChI=1S/C17H29F3N2O5S/c18-17(19,20)5-1-10-26-11-4-14-2-8-22(9-3-14)28(25)16(15(23)21-24)6-12-27-13-7-16/h14,24H,1-13H2,(H,21,23). The molecule has 0 aromatic carbocycles. The van der Waals surface area contributed by atoms with Gasteiger partial charge in [-0.15, -0.1) is 0 Å². The summed E-state index contributed by atoms with van der Waals surface area (Å²) in [4.78, 5) is 12.2. The van der Waals surface area contributed by atoms with E-state index in [2.05, 4.69) is 0 Å². The SMILES string of the molecule is O=C(NO)C1(S(=O)N2CCC(CCOCCCC(F)(F)F)CC2)CCOCC1. The molecule has 2 aliphatic rings. The molecule has 1 unspecified atom stereocenters. The van der Waals surface area contributed by atoms with Crippen LogP contribution in [0, 0.1) is 5.92 Å². The monoisotopic (exact) mass is 430 g/mol. The van der Waals surface area contributed by atoms with Crippen molar-refractivity contribution in [3.63, 3.8) is 0 Å². The third-order valence-electron chi connectivity index (χ3n) is 5.38. The van der Waals surface area contributed by atoms with E-state index < -0.39 is 34.2 Å². The van der Waals surface area contributed by atoms with Crippen molar-refractivity contribution >= 4 is 16.9 Å². The fraction of sp³-hybridized carbons (Fsp3) is 0.941. The largest absolute Gasteiger partial charge is 0.389 e. The Hall–Kier alpha value is -0.750. The lowest BCUT2D eigenvalue weighted by Gasteiger charge is -2.40. The van der Waals surface area contributed by atoms with Crippen LogP contribution >= 0.6 is 0 Å². The van der Waals surface area contributed by atoms with Gasteiger partial charge in [0, 0.05) is 45.9 Å². The van der Waals surface area contributed by atoms with Gasteiger partial charge in [0.05, 0.1) is 0 Å². The van der Waals surface area contributed by atoms with E-state index in [1.54, 1.807) is 9.79 Å². The molecule has 2 saturated heterocycles. The molecule has 2 N–H and O–H groups in total.